The van der Waals surface area contributed by atoms with E-state index in [9.17, 15) is 5.26 Å². The van der Waals surface area contributed by atoms with Crippen molar-refractivity contribution in [3.63, 3.8) is 0 Å². The summed E-state index contributed by atoms with van der Waals surface area (Å²) in [5.41, 5.74) is 0.660. The maximum absolute atomic E-state index is 9.30. The van der Waals surface area contributed by atoms with Gasteiger partial charge in [-0.15, -0.1) is 11.3 Å². The molecule has 1 aliphatic rings. The highest BCUT2D eigenvalue weighted by molar-refractivity contribution is 7.09. The molecule has 0 bridgehead atoms. The second-order valence-electron chi connectivity index (χ2n) is 8.78. The zero-order valence-corrected chi connectivity index (χ0v) is 19.1. The zero-order chi connectivity index (χ0) is 21.2. The van der Waals surface area contributed by atoms with E-state index in [4.69, 9.17) is 21.3 Å². The van der Waals surface area contributed by atoms with Crippen molar-refractivity contribution in [3.05, 3.63) is 44.7 Å². The third kappa shape index (κ3) is 5.71. The molecule has 1 saturated carbocycles. The molecular formula is C22H27ClN4OS. The topological polar surface area (TPSA) is 62.7 Å². The number of nitriles is 1. The van der Waals surface area contributed by atoms with Gasteiger partial charge in [0.05, 0.1) is 11.7 Å². The van der Waals surface area contributed by atoms with E-state index in [1.54, 1.807) is 23.5 Å². The Kier molecular flexibility index (Phi) is 6.50. The van der Waals surface area contributed by atoms with Gasteiger partial charge in [-0.1, -0.05) is 46.2 Å². The summed E-state index contributed by atoms with van der Waals surface area (Å²) in [7, 11) is 0. The van der Waals surface area contributed by atoms with E-state index >= 15 is 0 Å². The smallest absolute Gasteiger partial charge is 0.207 e. The molecule has 0 N–H and O–H groups in total. The van der Waals surface area contributed by atoms with Gasteiger partial charge in [0.25, 0.3) is 0 Å². The van der Waals surface area contributed by atoms with Gasteiger partial charge >= 0.3 is 0 Å². The molecule has 0 spiro atoms. The van der Waals surface area contributed by atoms with Crippen molar-refractivity contribution >= 4 is 28.8 Å². The van der Waals surface area contributed by atoms with E-state index in [1.807, 2.05) is 12.3 Å². The van der Waals surface area contributed by atoms with Crippen molar-refractivity contribution < 1.29 is 4.74 Å². The van der Waals surface area contributed by atoms with Gasteiger partial charge in [-0.2, -0.15) is 15.2 Å². The Labute approximate surface area is 181 Å². The summed E-state index contributed by atoms with van der Waals surface area (Å²) in [4.78, 5) is 10.9. The number of halogens is 1. The quantitative estimate of drug-likeness (QED) is 0.356. The Bertz CT molecular complexity index is 1020. The van der Waals surface area contributed by atoms with Crippen LogP contribution >= 0.6 is 22.9 Å². The summed E-state index contributed by atoms with van der Waals surface area (Å²) in [5.74, 6) is 1.45. The Morgan fingerprint density at radius 2 is 2.10 bits per heavy atom. The first kappa shape index (κ1) is 21.6. The van der Waals surface area contributed by atoms with Gasteiger partial charge in [-0.05, 0) is 42.4 Å². The second kappa shape index (κ2) is 8.73. The third-order valence-corrected chi connectivity index (χ3v) is 6.06. The molecule has 0 radical (unpaired) electrons. The van der Waals surface area contributed by atoms with Crippen LogP contribution in [0.2, 0.25) is 5.02 Å². The summed E-state index contributed by atoms with van der Waals surface area (Å²) >= 11 is 7.87. The van der Waals surface area contributed by atoms with Gasteiger partial charge in [-0.3, -0.25) is 0 Å². The third-order valence-electron chi connectivity index (χ3n) is 4.38. The molecule has 1 heterocycles. The molecule has 3 rings (SSSR count). The number of aliphatic imine (C=N–C) groups is 1. The van der Waals surface area contributed by atoms with Crippen LogP contribution in [-0.4, -0.2) is 16.5 Å². The summed E-state index contributed by atoms with van der Waals surface area (Å²) in [6.07, 6.45) is 6.35. The van der Waals surface area contributed by atoms with Gasteiger partial charge in [0.15, 0.2) is 10.6 Å². The average molecular weight is 431 g/mol. The van der Waals surface area contributed by atoms with Gasteiger partial charge < -0.3 is 9.30 Å². The van der Waals surface area contributed by atoms with Crippen molar-refractivity contribution in [1.82, 2.24) is 4.57 Å². The minimum Gasteiger partial charge on any atom is -0.490 e. The summed E-state index contributed by atoms with van der Waals surface area (Å²) in [6.45, 7) is 11.7. The number of hydrogen-bond acceptors (Lipinski definition) is 4. The van der Waals surface area contributed by atoms with Crippen LogP contribution in [0.25, 0.3) is 0 Å². The van der Waals surface area contributed by atoms with Crippen molar-refractivity contribution in [2.45, 2.75) is 65.5 Å². The molecular weight excluding hydrogens is 404 g/mol. The predicted octanol–water partition coefficient (Wildman–Crippen LogP) is 5.53. The Morgan fingerprint density at radius 1 is 1.38 bits per heavy atom. The molecule has 154 valence electrons. The molecule has 5 nitrogen and oxygen atoms in total. The minimum atomic E-state index is 0.0139. The SMILES string of the molecule is CC(C)Cn1cc(C(C)(C)C)sc1=NC(=NC#N)c1cc(Cl)ccc1OC1CC1. The summed E-state index contributed by atoms with van der Waals surface area (Å²) in [5, 5.41) is 9.86. The lowest BCUT2D eigenvalue weighted by molar-refractivity contribution is 0.302. The van der Waals surface area contributed by atoms with Crippen LogP contribution in [0, 0.1) is 17.4 Å². The molecule has 1 fully saturated rings. The Balaban J connectivity index is 2.13. The van der Waals surface area contributed by atoms with Crippen LogP contribution in [0.1, 0.15) is 57.9 Å². The normalized spacial score (nSPS) is 15.7. The predicted molar refractivity (Wildman–Crippen MR) is 119 cm³/mol. The van der Waals surface area contributed by atoms with Crippen molar-refractivity contribution in [1.29, 1.82) is 5.26 Å². The average Bonchev–Trinajstić information content (AvgIpc) is 3.35. The molecule has 7 heteroatoms. The Morgan fingerprint density at radius 3 is 2.69 bits per heavy atom. The summed E-state index contributed by atoms with van der Waals surface area (Å²) in [6, 6.07) is 5.38. The lowest BCUT2D eigenvalue weighted by atomic mass is 9.95. The van der Waals surface area contributed by atoms with Gasteiger partial charge in [0.2, 0.25) is 6.19 Å². The molecule has 1 aliphatic carbocycles. The van der Waals surface area contributed by atoms with Crippen LogP contribution in [0.15, 0.2) is 34.4 Å². The monoisotopic (exact) mass is 430 g/mol. The molecule has 29 heavy (non-hydrogen) atoms. The lowest BCUT2D eigenvalue weighted by Gasteiger charge is -2.14. The first-order valence-corrected chi connectivity index (χ1v) is 11.1. The lowest BCUT2D eigenvalue weighted by Crippen LogP contribution is -2.19. The van der Waals surface area contributed by atoms with Gasteiger partial charge in [0.1, 0.15) is 5.75 Å². The largest absolute Gasteiger partial charge is 0.490 e. The fourth-order valence-electron chi connectivity index (χ4n) is 2.77. The second-order valence-corrected chi connectivity index (χ2v) is 10.2. The summed E-state index contributed by atoms with van der Waals surface area (Å²) < 4.78 is 8.17. The number of nitrogens with zero attached hydrogens (tertiary/aromatic N) is 4. The number of ether oxygens (including phenoxy) is 1. The molecule has 0 atom stereocenters. The van der Waals surface area contributed by atoms with Gasteiger partial charge in [0, 0.05) is 22.6 Å². The number of benzene rings is 1. The number of rotatable bonds is 5. The van der Waals surface area contributed by atoms with Gasteiger partial charge in [-0.25, -0.2) is 0 Å². The fourth-order valence-corrected chi connectivity index (χ4v) is 4.00. The van der Waals surface area contributed by atoms with E-state index in [0.717, 1.165) is 24.2 Å². The van der Waals surface area contributed by atoms with E-state index in [1.165, 1.54) is 4.88 Å². The molecule has 1 aromatic carbocycles. The van der Waals surface area contributed by atoms with Crippen molar-refractivity contribution in [2.24, 2.45) is 15.9 Å². The van der Waals surface area contributed by atoms with Crippen molar-refractivity contribution in [2.75, 3.05) is 0 Å². The van der Waals surface area contributed by atoms with Crippen LogP contribution in [-0.2, 0) is 12.0 Å². The van der Waals surface area contributed by atoms with Crippen LogP contribution in [0.3, 0.4) is 0 Å². The zero-order valence-electron chi connectivity index (χ0n) is 17.6. The highest BCUT2D eigenvalue weighted by Gasteiger charge is 2.26. The maximum Gasteiger partial charge on any atom is 0.207 e. The van der Waals surface area contributed by atoms with Crippen molar-refractivity contribution in [3.8, 4) is 11.9 Å². The van der Waals surface area contributed by atoms with Crippen LogP contribution < -0.4 is 9.54 Å². The van der Waals surface area contributed by atoms with E-state index < -0.39 is 0 Å². The standard InChI is InChI=1S/C22H27ClN4OS/c1-14(2)11-27-12-19(22(3,4)5)29-21(27)26-20(25-13-24)17-10-15(23)6-9-18(17)28-16-7-8-16/h6,9-10,12,14,16H,7-8,11H2,1-5H3. The maximum atomic E-state index is 9.30. The molecule has 0 unspecified atom stereocenters. The fraction of sp³-hybridized carbons (Fsp3) is 0.500. The molecule has 0 saturated heterocycles. The van der Waals surface area contributed by atoms with Crippen LogP contribution in [0.5, 0.6) is 5.75 Å². The van der Waals surface area contributed by atoms with Crippen LogP contribution in [0.4, 0.5) is 0 Å². The number of thiazole rings is 1. The van der Waals surface area contributed by atoms with E-state index in [2.05, 4.69) is 50.4 Å². The number of hydrogen-bond donors (Lipinski definition) is 0. The first-order valence-electron chi connectivity index (χ1n) is 9.86. The molecule has 2 aromatic rings. The molecule has 0 aliphatic heterocycles. The highest BCUT2D eigenvalue weighted by atomic mass is 35.5. The highest BCUT2D eigenvalue weighted by Crippen LogP contribution is 2.31. The van der Waals surface area contributed by atoms with E-state index in [0.29, 0.717) is 28.1 Å². The molecule has 0 amide bonds. The first-order chi connectivity index (χ1) is 13.7. The Hall–Kier alpha value is -2.10. The van der Waals surface area contributed by atoms with E-state index in [-0.39, 0.29) is 11.5 Å². The minimum absolute atomic E-state index is 0.0139. The number of amidine groups is 1. The number of aromatic nitrogens is 1. The molecule has 1 aromatic heterocycles.